The number of ketones is 1. The highest BCUT2D eigenvalue weighted by Crippen LogP contribution is 2.33. The molecule has 0 spiro atoms. The lowest BCUT2D eigenvalue weighted by Crippen LogP contribution is -2.49. The molecule has 130 valence electrons. The van der Waals surface area contributed by atoms with E-state index in [9.17, 15) is 9.59 Å². The third-order valence-corrected chi connectivity index (χ3v) is 4.32. The van der Waals surface area contributed by atoms with Gasteiger partial charge < -0.3 is 23.5 Å². The van der Waals surface area contributed by atoms with Gasteiger partial charge in [-0.05, 0) is 30.3 Å². The molecule has 0 bridgehead atoms. The largest absolute Gasteiger partial charge is 0.461 e. The van der Waals surface area contributed by atoms with Crippen molar-refractivity contribution in [2.24, 2.45) is 0 Å². The van der Waals surface area contributed by atoms with Crippen molar-refractivity contribution in [1.29, 1.82) is 0 Å². The van der Waals surface area contributed by atoms with Crippen molar-refractivity contribution >= 4 is 11.7 Å². The Morgan fingerprint density at radius 1 is 1.16 bits per heavy atom. The Morgan fingerprint density at radius 2 is 2.04 bits per heavy atom. The quantitative estimate of drug-likeness (QED) is 0.792. The van der Waals surface area contributed by atoms with Gasteiger partial charge in [0.15, 0.2) is 23.0 Å². The molecule has 0 N–H and O–H groups in total. The number of hydrogen-bond acceptors (Lipinski definition) is 6. The fourth-order valence-electron chi connectivity index (χ4n) is 3.04. The van der Waals surface area contributed by atoms with E-state index in [0.29, 0.717) is 42.6 Å². The van der Waals surface area contributed by atoms with Crippen molar-refractivity contribution < 1.29 is 28.2 Å². The van der Waals surface area contributed by atoms with Gasteiger partial charge in [-0.3, -0.25) is 9.59 Å². The predicted octanol–water partition coefficient (Wildman–Crippen LogP) is 2.12. The van der Waals surface area contributed by atoms with E-state index in [1.807, 2.05) is 0 Å². The molecule has 1 saturated heterocycles. The molecule has 0 saturated carbocycles. The number of Topliss-reactive ketones (excluding diaryl/α,β-unsaturated/α-hetero) is 1. The number of nitrogens with zero attached hydrogens (tertiary/aromatic N) is 1. The summed E-state index contributed by atoms with van der Waals surface area (Å²) in [6, 6.07) is 8.06. The number of ether oxygens (including phenoxy) is 3. The SMILES string of the molecule is O=C(CC1COCCN1C(=O)c1ccc2c(c1)OCO2)c1ccco1. The molecule has 7 nitrogen and oxygen atoms in total. The summed E-state index contributed by atoms with van der Waals surface area (Å²) in [6.07, 6.45) is 1.62. The lowest BCUT2D eigenvalue weighted by molar-refractivity contribution is -0.00304. The lowest BCUT2D eigenvalue weighted by atomic mass is 10.0. The summed E-state index contributed by atoms with van der Waals surface area (Å²) in [5.74, 6) is 1.18. The minimum Gasteiger partial charge on any atom is -0.461 e. The van der Waals surface area contributed by atoms with Crippen LogP contribution in [-0.4, -0.2) is 49.2 Å². The van der Waals surface area contributed by atoms with Gasteiger partial charge in [0.1, 0.15) is 0 Å². The summed E-state index contributed by atoms with van der Waals surface area (Å²) >= 11 is 0. The van der Waals surface area contributed by atoms with Crippen molar-refractivity contribution in [2.45, 2.75) is 12.5 Å². The summed E-state index contributed by atoms with van der Waals surface area (Å²) < 4.78 is 21.2. The topological polar surface area (TPSA) is 78.2 Å². The van der Waals surface area contributed by atoms with Crippen LogP contribution >= 0.6 is 0 Å². The molecule has 1 amide bonds. The zero-order chi connectivity index (χ0) is 17.2. The molecule has 1 atom stereocenters. The van der Waals surface area contributed by atoms with E-state index < -0.39 is 0 Å². The standard InChI is InChI=1S/C18H17NO6/c20-14(15-2-1-6-23-15)9-13-10-22-7-5-19(13)18(21)12-3-4-16-17(8-12)25-11-24-16/h1-4,6,8,13H,5,7,9-11H2. The molecule has 1 aromatic carbocycles. The second-order valence-corrected chi connectivity index (χ2v) is 5.90. The zero-order valence-electron chi connectivity index (χ0n) is 13.5. The van der Waals surface area contributed by atoms with Gasteiger partial charge in [0.05, 0.1) is 25.5 Å². The van der Waals surface area contributed by atoms with Crippen molar-refractivity contribution in [3.05, 3.63) is 47.9 Å². The van der Waals surface area contributed by atoms with Gasteiger partial charge >= 0.3 is 0 Å². The highest BCUT2D eigenvalue weighted by atomic mass is 16.7. The number of morpholine rings is 1. The molecule has 7 heteroatoms. The zero-order valence-corrected chi connectivity index (χ0v) is 13.5. The first-order chi connectivity index (χ1) is 12.2. The first-order valence-electron chi connectivity index (χ1n) is 8.07. The Hall–Kier alpha value is -2.80. The van der Waals surface area contributed by atoms with Gasteiger partial charge in [-0.1, -0.05) is 0 Å². The molecule has 2 aliphatic rings. The lowest BCUT2D eigenvalue weighted by Gasteiger charge is -2.35. The minimum atomic E-state index is -0.329. The third kappa shape index (κ3) is 3.10. The maximum absolute atomic E-state index is 12.9. The summed E-state index contributed by atoms with van der Waals surface area (Å²) in [5, 5.41) is 0. The van der Waals surface area contributed by atoms with Crippen LogP contribution in [0, 0.1) is 0 Å². The maximum atomic E-state index is 12.9. The second kappa shape index (κ2) is 6.60. The number of fused-ring (bicyclic) bond motifs is 1. The molecule has 25 heavy (non-hydrogen) atoms. The number of carbonyl (C=O) groups is 2. The summed E-state index contributed by atoms with van der Waals surface area (Å²) in [5.41, 5.74) is 0.501. The van der Waals surface area contributed by atoms with E-state index in [2.05, 4.69) is 0 Å². The highest BCUT2D eigenvalue weighted by Gasteiger charge is 2.31. The van der Waals surface area contributed by atoms with Crippen LogP contribution in [0.2, 0.25) is 0 Å². The van der Waals surface area contributed by atoms with Crippen LogP contribution in [0.4, 0.5) is 0 Å². The fraction of sp³-hybridized carbons (Fsp3) is 0.333. The number of amides is 1. The normalized spacial score (nSPS) is 19.0. The first kappa shape index (κ1) is 15.7. The average molecular weight is 343 g/mol. The Morgan fingerprint density at radius 3 is 2.88 bits per heavy atom. The number of benzene rings is 1. The Labute approximate surface area is 144 Å². The smallest absolute Gasteiger partial charge is 0.254 e. The molecule has 2 aliphatic heterocycles. The van der Waals surface area contributed by atoms with Crippen molar-refractivity contribution in [1.82, 2.24) is 4.90 Å². The number of furan rings is 1. The molecular weight excluding hydrogens is 326 g/mol. The fourth-order valence-corrected chi connectivity index (χ4v) is 3.04. The van der Waals surface area contributed by atoms with Gasteiger partial charge in [0, 0.05) is 18.5 Å². The number of rotatable bonds is 4. The van der Waals surface area contributed by atoms with E-state index in [-0.39, 0.29) is 30.9 Å². The molecular formula is C18H17NO6. The number of carbonyl (C=O) groups excluding carboxylic acids is 2. The Kier molecular flexibility index (Phi) is 4.15. The van der Waals surface area contributed by atoms with Crippen LogP contribution in [0.5, 0.6) is 11.5 Å². The molecule has 0 radical (unpaired) electrons. The summed E-state index contributed by atoms with van der Waals surface area (Å²) in [7, 11) is 0. The van der Waals surface area contributed by atoms with Crippen LogP contribution in [0.15, 0.2) is 41.0 Å². The molecule has 3 heterocycles. The third-order valence-electron chi connectivity index (χ3n) is 4.32. The maximum Gasteiger partial charge on any atom is 0.254 e. The second-order valence-electron chi connectivity index (χ2n) is 5.90. The van der Waals surface area contributed by atoms with Gasteiger partial charge in [0.25, 0.3) is 5.91 Å². The Balaban J connectivity index is 1.52. The monoisotopic (exact) mass is 343 g/mol. The van der Waals surface area contributed by atoms with Crippen LogP contribution in [0.25, 0.3) is 0 Å². The van der Waals surface area contributed by atoms with E-state index in [1.165, 1.54) is 6.26 Å². The van der Waals surface area contributed by atoms with Gasteiger partial charge in [-0.2, -0.15) is 0 Å². The van der Waals surface area contributed by atoms with E-state index in [4.69, 9.17) is 18.6 Å². The molecule has 4 rings (SSSR count). The van der Waals surface area contributed by atoms with Gasteiger partial charge in [-0.15, -0.1) is 0 Å². The van der Waals surface area contributed by atoms with Crippen molar-refractivity contribution in [3.63, 3.8) is 0 Å². The van der Waals surface area contributed by atoms with Gasteiger partial charge in [0.2, 0.25) is 6.79 Å². The summed E-state index contributed by atoms with van der Waals surface area (Å²) in [6.45, 7) is 1.36. The predicted molar refractivity (Wildman–Crippen MR) is 85.9 cm³/mol. The van der Waals surface area contributed by atoms with Gasteiger partial charge in [-0.25, -0.2) is 0 Å². The van der Waals surface area contributed by atoms with E-state index in [0.717, 1.165) is 0 Å². The average Bonchev–Trinajstić information content (AvgIpc) is 3.32. The van der Waals surface area contributed by atoms with Crippen LogP contribution < -0.4 is 9.47 Å². The van der Waals surface area contributed by atoms with Crippen molar-refractivity contribution in [2.75, 3.05) is 26.6 Å². The minimum absolute atomic E-state index is 0.149. The van der Waals surface area contributed by atoms with Crippen LogP contribution in [0.3, 0.4) is 0 Å². The highest BCUT2D eigenvalue weighted by molar-refractivity contribution is 5.97. The van der Waals surface area contributed by atoms with E-state index >= 15 is 0 Å². The Bertz CT molecular complexity index is 785. The molecule has 2 aromatic rings. The van der Waals surface area contributed by atoms with Crippen molar-refractivity contribution in [3.8, 4) is 11.5 Å². The molecule has 0 aliphatic carbocycles. The first-order valence-corrected chi connectivity index (χ1v) is 8.07. The summed E-state index contributed by atoms with van der Waals surface area (Å²) in [4.78, 5) is 26.9. The van der Waals surface area contributed by atoms with Crippen LogP contribution in [-0.2, 0) is 4.74 Å². The van der Waals surface area contributed by atoms with Crippen LogP contribution in [0.1, 0.15) is 27.3 Å². The van der Waals surface area contributed by atoms with E-state index in [1.54, 1.807) is 35.2 Å². The number of hydrogen-bond donors (Lipinski definition) is 0. The molecule has 1 unspecified atom stereocenters. The molecule has 1 fully saturated rings. The molecule has 1 aromatic heterocycles.